The standard InChI is InChI=1S/C22H25FN8O/c1-24-19(18-21(25-2)30-20(29-18)17-5-4-6-26-17)22(32)27-10-13-7-14(9-16(23)8-13)15-11-28-31(3)12-15/h7-9,11-12,17,26H,2,4-6,10H2,1,3H3,(H,27,32)(H,29,30)/t17-/m1/s1. The second-order valence-corrected chi connectivity index (χ2v) is 7.63. The zero-order chi connectivity index (χ0) is 22.7. The third-order valence-electron chi connectivity index (χ3n) is 5.37. The highest BCUT2D eigenvalue weighted by Crippen LogP contribution is 2.26. The van der Waals surface area contributed by atoms with Gasteiger partial charge in [-0.15, -0.1) is 0 Å². The van der Waals surface area contributed by atoms with E-state index in [4.69, 9.17) is 0 Å². The fraction of sp³-hybridized carbons (Fsp3) is 0.318. The van der Waals surface area contributed by atoms with Gasteiger partial charge in [0.2, 0.25) is 0 Å². The molecule has 10 heteroatoms. The van der Waals surface area contributed by atoms with Crippen LogP contribution in [0.25, 0.3) is 11.1 Å². The van der Waals surface area contributed by atoms with Gasteiger partial charge < -0.3 is 15.6 Å². The zero-order valence-electron chi connectivity index (χ0n) is 18.0. The van der Waals surface area contributed by atoms with E-state index < -0.39 is 5.91 Å². The summed E-state index contributed by atoms with van der Waals surface area (Å²) in [5.41, 5.74) is 2.68. The molecule has 1 amide bonds. The molecule has 9 nitrogen and oxygen atoms in total. The predicted molar refractivity (Wildman–Crippen MR) is 121 cm³/mol. The quantitative estimate of drug-likeness (QED) is 0.494. The summed E-state index contributed by atoms with van der Waals surface area (Å²) in [7, 11) is 3.32. The minimum atomic E-state index is -0.417. The van der Waals surface area contributed by atoms with E-state index >= 15 is 0 Å². The first-order valence-electron chi connectivity index (χ1n) is 10.3. The maximum Gasteiger partial charge on any atom is 0.272 e. The first-order valence-corrected chi connectivity index (χ1v) is 10.3. The van der Waals surface area contributed by atoms with Gasteiger partial charge in [-0.3, -0.25) is 14.5 Å². The largest absolute Gasteiger partial charge is 0.347 e. The van der Waals surface area contributed by atoms with Gasteiger partial charge in [0.15, 0.2) is 5.82 Å². The van der Waals surface area contributed by atoms with Gasteiger partial charge in [0, 0.05) is 32.4 Å². The van der Waals surface area contributed by atoms with Crippen molar-refractivity contribution in [2.75, 3.05) is 13.6 Å². The van der Waals surface area contributed by atoms with Gasteiger partial charge in [0.25, 0.3) is 5.91 Å². The van der Waals surface area contributed by atoms with Gasteiger partial charge in [0.05, 0.1) is 12.2 Å². The lowest BCUT2D eigenvalue weighted by atomic mass is 10.1. The Hall–Kier alpha value is -3.66. The van der Waals surface area contributed by atoms with Crippen LogP contribution in [0.1, 0.15) is 36.0 Å². The van der Waals surface area contributed by atoms with Crippen LogP contribution in [0.4, 0.5) is 10.2 Å². The van der Waals surface area contributed by atoms with Crippen molar-refractivity contribution in [3.8, 4) is 11.1 Å². The number of nitrogens with zero attached hydrogens (tertiary/aromatic N) is 5. The molecule has 0 aliphatic carbocycles. The summed E-state index contributed by atoms with van der Waals surface area (Å²) in [5.74, 6) is 0.230. The molecule has 1 atom stereocenters. The van der Waals surface area contributed by atoms with Crippen molar-refractivity contribution in [3.05, 3.63) is 53.5 Å². The first-order chi connectivity index (χ1) is 15.5. The van der Waals surface area contributed by atoms with Crippen LogP contribution in [-0.4, -0.2) is 51.7 Å². The molecule has 4 rings (SSSR count). The van der Waals surface area contributed by atoms with Crippen molar-refractivity contribution < 1.29 is 9.18 Å². The maximum absolute atomic E-state index is 14.2. The first kappa shape index (κ1) is 21.6. The molecule has 0 radical (unpaired) electrons. The molecule has 0 unspecified atom stereocenters. The fourth-order valence-corrected chi connectivity index (χ4v) is 3.83. The topological polar surface area (TPSA) is 112 Å². The lowest BCUT2D eigenvalue weighted by Crippen LogP contribution is -2.31. The van der Waals surface area contributed by atoms with Gasteiger partial charge in [-0.25, -0.2) is 14.4 Å². The third-order valence-corrected chi connectivity index (χ3v) is 5.37. The SMILES string of the molecule is C=Nc1nc([C@H]2CCCN2)[nH]c1C(=NC)C(=O)NCc1cc(F)cc(-c2cnn(C)c2)c1. The Morgan fingerprint density at radius 1 is 1.38 bits per heavy atom. The number of benzene rings is 1. The number of nitrogens with one attached hydrogen (secondary N) is 3. The Kier molecular flexibility index (Phi) is 6.22. The Balaban J connectivity index is 1.51. The molecule has 1 aliphatic heterocycles. The second kappa shape index (κ2) is 9.23. The number of aromatic amines is 1. The van der Waals surface area contributed by atoms with Crippen LogP contribution in [0.5, 0.6) is 0 Å². The van der Waals surface area contributed by atoms with E-state index in [2.05, 4.69) is 42.4 Å². The van der Waals surface area contributed by atoms with Gasteiger partial charge in [-0.1, -0.05) is 0 Å². The summed E-state index contributed by atoms with van der Waals surface area (Å²) in [6.07, 6.45) is 5.48. The number of carbonyl (C=O) groups excluding carboxylic acids is 1. The highest BCUT2D eigenvalue weighted by atomic mass is 19.1. The number of H-pyrrole nitrogens is 1. The minimum absolute atomic E-state index is 0.0867. The Labute approximate surface area is 184 Å². The average Bonchev–Trinajstić information content (AvgIpc) is 3.53. The average molecular weight is 436 g/mol. The normalized spacial score (nSPS) is 16.3. The zero-order valence-corrected chi connectivity index (χ0v) is 18.0. The fourth-order valence-electron chi connectivity index (χ4n) is 3.83. The Morgan fingerprint density at radius 2 is 2.22 bits per heavy atom. The summed E-state index contributed by atoms with van der Waals surface area (Å²) in [5, 5.41) is 10.3. The van der Waals surface area contributed by atoms with E-state index in [1.54, 1.807) is 24.1 Å². The lowest BCUT2D eigenvalue weighted by Gasteiger charge is -2.09. The molecule has 166 valence electrons. The number of hydrogen-bond donors (Lipinski definition) is 3. The molecule has 1 aromatic carbocycles. The van der Waals surface area contributed by atoms with Crippen molar-refractivity contribution in [2.24, 2.45) is 17.0 Å². The van der Waals surface area contributed by atoms with Crippen molar-refractivity contribution in [3.63, 3.8) is 0 Å². The van der Waals surface area contributed by atoms with Crippen LogP contribution in [-0.2, 0) is 18.4 Å². The van der Waals surface area contributed by atoms with E-state index in [9.17, 15) is 9.18 Å². The number of aliphatic imine (C=N–C) groups is 2. The molecular weight excluding hydrogens is 411 g/mol. The van der Waals surface area contributed by atoms with Crippen molar-refractivity contribution >= 4 is 24.2 Å². The molecular formula is C22H25FN8O. The van der Waals surface area contributed by atoms with E-state index in [0.29, 0.717) is 28.5 Å². The minimum Gasteiger partial charge on any atom is -0.347 e. The molecule has 3 N–H and O–H groups in total. The molecule has 1 saturated heterocycles. The third kappa shape index (κ3) is 4.50. The Morgan fingerprint density at radius 3 is 2.88 bits per heavy atom. The number of aryl methyl sites for hydroxylation is 1. The smallest absolute Gasteiger partial charge is 0.272 e. The van der Waals surface area contributed by atoms with Crippen LogP contribution in [0.15, 0.2) is 40.6 Å². The van der Waals surface area contributed by atoms with E-state index in [-0.39, 0.29) is 24.1 Å². The molecule has 0 saturated carbocycles. The van der Waals surface area contributed by atoms with Crippen LogP contribution in [0, 0.1) is 5.82 Å². The van der Waals surface area contributed by atoms with Crippen LogP contribution >= 0.6 is 0 Å². The van der Waals surface area contributed by atoms with Crippen LogP contribution in [0.2, 0.25) is 0 Å². The predicted octanol–water partition coefficient (Wildman–Crippen LogP) is 2.44. The van der Waals surface area contributed by atoms with Crippen molar-refractivity contribution in [1.82, 2.24) is 30.4 Å². The number of hydrogen-bond acceptors (Lipinski definition) is 6. The number of aromatic nitrogens is 4. The number of carbonyl (C=O) groups is 1. The molecule has 3 aromatic rings. The van der Waals surface area contributed by atoms with Gasteiger partial charge in [-0.05, 0) is 55.4 Å². The van der Waals surface area contributed by atoms with Gasteiger partial charge >= 0.3 is 0 Å². The van der Waals surface area contributed by atoms with E-state index in [1.807, 2.05) is 6.07 Å². The molecule has 0 bridgehead atoms. The molecule has 2 aromatic heterocycles. The number of imidazole rings is 1. The van der Waals surface area contributed by atoms with E-state index in [0.717, 1.165) is 24.9 Å². The van der Waals surface area contributed by atoms with Gasteiger partial charge in [0.1, 0.15) is 23.0 Å². The summed E-state index contributed by atoms with van der Waals surface area (Å²) in [6, 6.07) is 4.73. The van der Waals surface area contributed by atoms with Crippen LogP contribution < -0.4 is 10.6 Å². The van der Waals surface area contributed by atoms with Crippen LogP contribution in [0.3, 0.4) is 0 Å². The number of rotatable bonds is 7. The molecule has 0 spiro atoms. The highest BCUT2D eigenvalue weighted by molar-refractivity contribution is 6.45. The summed E-state index contributed by atoms with van der Waals surface area (Å²) in [6.45, 7) is 4.61. The van der Waals surface area contributed by atoms with Crippen molar-refractivity contribution in [2.45, 2.75) is 25.4 Å². The summed E-state index contributed by atoms with van der Waals surface area (Å²) in [4.78, 5) is 28.7. The molecule has 3 heterocycles. The highest BCUT2D eigenvalue weighted by Gasteiger charge is 2.25. The Bertz CT molecular complexity index is 1170. The number of halogens is 1. The second-order valence-electron chi connectivity index (χ2n) is 7.63. The number of amides is 1. The monoisotopic (exact) mass is 436 g/mol. The molecule has 1 fully saturated rings. The summed E-state index contributed by atoms with van der Waals surface area (Å²) < 4.78 is 15.8. The summed E-state index contributed by atoms with van der Waals surface area (Å²) >= 11 is 0. The van der Waals surface area contributed by atoms with E-state index in [1.165, 1.54) is 19.2 Å². The molecule has 1 aliphatic rings. The molecule has 32 heavy (non-hydrogen) atoms. The lowest BCUT2D eigenvalue weighted by molar-refractivity contribution is -0.114. The van der Waals surface area contributed by atoms with Crippen molar-refractivity contribution in [1.29, 1.82) is 0 Å². The van der Waals surface area contributed by atoms with Gasteiger partial charge in [-0.2, -0.15) is 5.10 Å². The maximum atomic E-state index is 14.2.